The summed E-state index contributed by atoms with van der Waals surface area (Å²) >= 11 is 6.09. The Hall–Kier alpha value is -3.12. The number of anilines is 3. The van der Waals surface area contributed by atoms with Crippen LogP contribution in [0.15, 0.2) is 60.7 Å². The van der Waals surface area contributed by atoms with Gasteiger partial charge >= 0.3 is 0 Å². The first-order valence-corrected chi connectivity index (χ1v) is 7.85. The number of ether oxygens (including phenoxy) is 1. The summed E-state index contributed by atoms with van der Waals surface area (Å²) in [7, 11) is 1.51. The van der Waals surface area contributed by atoms with E-state index in [1.165, 1.54) is 7.11 Å². The largest absolute Gasteiger partial charge is 0.496 e. The molecular formula is C18H15ClN4O2. The van der Waals surface area contributed by atoms with Gasteiger partial charge in [-0.1, -0.05) is 35.9 Å². The molecule has 7 heteroatoms. The Labute approximate surface area is 149 Å². The van der Waals surface area contributed by atoms with E-state index in [-0.39, 0.29) is 5.91 Å². The normalized spacial score (nSPS) is 10.2. The highest BCUT2D eigenvalue weighted by atomic mass is 35.5. The maximum absolute atomic E-state index is 12.3. The van der Waals surface area contributed by atoms with E-state index >= 15 is 0 Å². The fourth-order valence-corrected chi connectivity index (χ4v) is 2.37. The summed E-state index contributed by atoms with van der Waals surface area (Å²) in [5, 5.41) is 14.4. The molecule has 0 aliphatic carbocycles. The van der Waals surface area contributed by atoms with Crippen LogP contribution in [0.4, 0.5) is 17.3 Å². The molecule has 1 aromatic heterocycles. The molecule has 0 fully saturated rings. The van der Waals surface area contributed by atoms with Gasteiger partial charge in [-0.25, -0.2) is 0 Å². The zero-order valence-corrected chi connectivity index (χ0v) is 14.1. The molecule has 3 aromatic rings. The number of rotatable bonds is 5. The third kappa shape index (κ3) is 4.05. The smallest absolute Gasteiger partial charge is 0.260 e. The molecule has 1 amide bonds. The summed E-state index contributed by atoms with van der Waals surface area (Å²) in [6.45, 7) is 0. The van der Waals surface area contributed by atoms with Gasteiger partial charge in [-0.05, 0) is 36.4 Å². The van der Waals surface area contributed by atoms with Gasteiger partial charge in [0.1, 0.15) is 5.75 Å². The van der Waals surface area contributed by atoms with Crippen LogP contribution in [0.2, 0.25) is 5.02 Å². The lowest BCUT2D eigenvalue weighted by Crippen LogP contribution is -2.14. The van der Waals surface area contributed by atoms with Crippen molar-refractivity contribution >= 4 is 34.8 Å². The van der Waals surface area contributed by atoms with E-state index in [4.69, 9.17) is 16.3 Å². The van der Waals surface area contributed by atoms with Crippen molar-refractivity contribution in [3.63, 3.8) is 0 Å². The monoisotopic (exact) mass is 354 g/mol. The quantitative estimate of drug-likeness (QED) is 0.720. The predicted octanol–water partition coefficient (Wildman–Crippen LogP) is 4.13. The van der Waals surface area contributed by atoms with E-state index in [0.717, 1.165) is 5.69 Å². The Morgan fingerprint density at radius 2 is 1.64 bits per heavy atom. The van der Waals surface area contributed by atoms with Crippen LogP contribution in [0.3, 0.4) is 0 Å². The molecule has 0 unspecified atom stereocenters. The fraction of sp³-hybridized carbons (Fsp3) is 0.0556. The topological polar surface area (TPSA) is 76.1 Å². The first kappa shape index (κ1) is 16.7. The highest BCUT2D eigenvalue weighted by Gasteiger charge is 2.12. The van der Waals surface area contributed by atoms with Crippen molar-refractivity contribution in [1.29, 1.82) is 0 Å². The number of amides is 1. The minimum absolute atomic E-state index is 0.321. The molecule has 0 atom stereocenters. The number of aromatic nitrogens is 2. The number of nitrogens with one attached hydrogen (secondary N) is 2. The lowest BCUT2D eigenvalue weighted by Gasteiger charge is -2.09. The standard InChI is InChI=1S/C18H15ClN4O2/c1-25-15-9-5-2-6-12(15)18(24)21-17-11-10-16(22-23-17)20-14-8-4-3-7-13(14)19/h2-11H,1H3,(H,20,22)(H,21,23,24). The van der Waals surface area contributed by atoms with Gasteiger partial charge in [0.15, 0.2) is 11.6 Å². The van der Waals surface area contributed by atoms with Crippen LogP contribution in [0, 0.1) is 0 Å². The summed E-state index contributed by atoms with van der Waals surface area (Å²) in [6.07, 6.45) is 0. The Balaban J connectivity index is 1.70. The van der Waals surface area contributed by atoms with Gasteiger partial charge in [0.25, 0.3) is 5.91 Å². The SMILES string of the molecule is COc1ccccc1C(=O)Nc1ccc(Nc2ccccc2Cl)nn1. The molecule has 25 heavy (non-hydrogen) atoms. The van der Waals surface area contributed by atoms with Gasteiger partial charge in [-0.2, -0.15) is 0 Å². The summed E-state index contributed by atoms with van der Waals surface area (Å²) in [5.74, 6) is 1.02. The molecule has 0 aliphatic rings. The van der Waals surface area contributed by atoms with Crippen LogP contribution in [0.25, 0.3) is 0 Å². The Bertz CT molecular complexity index is 884. The Kier molecular flexibility index (Phi) is 5.11. The molecular weight excluding hydrogens is 340 g/mol. The Morgan fingerprint density at radius 3 is 2.36 bits per heavy atom. The molecule has 2 N–H and O–H groups in total. The average Bonchev–Trinajstić information content (AvgIpc) is 2.65. The van der Waals surface area contributed by atoms with Crippen LogP contribution < -0.4 is 15.4 Å². The lowest BCUT2D eigenvalue weighted by atomic mass is 10.2. The van der Waals surface area contributed by atoms with Crippen molar-refractivity contribution in [3.05, 3.63) is 71.2 Å². The minimum Gasteiger partial charge on any atom is -0.496 e. The van der Waals surface area contributed by atoms with Crippen molar-refractivity contribution in [3.8, 4) is 5.75 Å². The number of carbonyl (C=O) groups is 1. The molecule has 1 heterocycles. The van der Waals surface area contributed by atoms with Crippen LogP contribution in [-0.4, -0.2) is 23.2 Å². The van der Waals surface area contributed by atoms with Crippen molar-refractivity contribution in [2.75, 3.05) is 17.7 Å². The van der Waals surface area contributed by atoms with E-state index in [1.807, 2.05) is 18.2 Å². The number of methoxy groups -OCH3 is 1. The summed E-state index contributed by atoms with van der Waals surface area (Å²) < 4.78 is 5.18. The molecule has 0 aliphatic heterocycles. The summed E-state index contributed by atoms with van der Waals surface area (Å²) in [5.41, 5.74) is 1.15. The minimum atomic E-state index is -0.321. The second-order valence-corrected chi connectivity index (χ2v) is 5.47. The second kappa shape index (κ2) is 7.63. The van der Waals surface area contributed by atoms with Gasteiger partial charge in [0.05, 0.1) is 23.4 Å². The number of nitrogens with zero attached hydrogens (tertiary/aromatic N) is 2. The number of hydrogen-bond donors (Lipinski definition) is 2. The first-order chi connectivity index (χ1) is 12.2. The highest BCUT2D eigenvalue weighted by molar-refractivity contribution is 6.33. The van der Waals surface area contributed by atoms with Crippen LogP contribution in [-0.2, 0) is 0 Å². The van der Waals surface area contributed by atoms with Gasteiger partial charge < -0.3 is 15.4 Å². The van der Waals surface area contributed by atoms with Gasteiger partial charge in [0, 0.05) is 0 Å². The van der Waals surface area contributed by atoms with E-state index in [1.54, 1.807) is 42.5 Å². The maximum atomic E-state index is 12.3. The van der Waals surface area contributed by atoms with E-state index in [9.17, 15) is 4.79 Å². The number of hydrogen-bond acceptors (Lipinski definition) is 5. The average molecular weight is 355 g/mol. The number of para-hydroxylation sites is 2. The van der Waals surface area contributed by atoms with E-state index in [2.05, 4.69) is 20.8 Å². The Morgan fingerprint density at radius 1 is 0.960 bits per heavy atom. The zero-order chi connectivity index (χ0) is 17.6. The zero-order valence-electron chi connectivity index (χ0n) is 13.4. The second-order valence-electron chi connectivity index (χ2n) is 5.06. The molecule has 0 bridgehead atoms. The van der Waals surface area contributed by atoms with Crippen molar-refractivity contribution < 1.29 is 9.53 Å². The molecule has 3 rings (SSSR count). The number of benzene rings is 2. The molecule has 2 aromatic carbocycles. The predicted molar refractivity (Wildman–Crippen MR) is 97.7 cm³/mol. The summed E-state index contributed by atoms with van der Waals surface area (Å²) in [4.78, 5) is 12.3. The third-order valence-electron chi connectivity index (χ3n) is 3.39. The molecule has 0 spiro atoms. The fourth-order valence-electron chi connectivity index (χ4n) is 2.18. The van der Waals surface area contributed by atoms with Crippen molar-refractivity contribution in [1.82, 2.24) is 10.2 Å². The van der Waals surface area contributed by atoms with Crippen molar-refractivity contribution in [2.45, 2.75) is 0 Å². The van der Waals surface area contributed by atoms with E-state index < -0.39 is 0 Å². The van der Waals surface area contributed by atoms with Gasteiger partial charge in [-0.3, -0.25) is 4.79 Å². The number of carbonyl (C=O) groups excluding carboxylic acids is 1. The molecule has 0 saturated heterocycles. The van der Waals surface area contributed by atoms with E-state index in [0.29, 0.717) is 28.0 Å². The highest BCUT2D eigenvalue weighted by Crippen LogP contribution is 2.24. The molecule has 0 radical (unpaired) electrons. The third-order valence-corrected chi connectivity index (χ3v) is 3.72. The molecule has 6 nitrogen and oxygen atoms in total. The van der Waals surface area contributed by atoms with Gasteiger partial charge in [0.2, 0.25) is 0 Å². The molecule has 126 valence electrons. The van der Waals surface area contributed by atoms with Gasteiger partial charge in [-0.15, -0.1) is 10.2 Å². The summed E-state index contributed by atoms with van der Waals surface area (Å²) in [6, 6.07) is 17.6. The lowest BCUT2D eigenvalue weighted by molar-refractivity contribution is 0.102. The number of halogens is 1. The van der Waals surface area contributed by atoms with Crippen LogP contribution in [0.5, 0.6) is 5.75 Å². The molecule has 0 saturated carbocycles. The maximum Gasteiger partial charge on any atom is 0.260 e. The van der Waals surface area contributed by atoms with Crippen molar-refractivity contribution in [2.24, 2.45) is 0 Å². The first-order valence-electron chi connectivity index (χ1n) is 7.47. The van der Waals surface area contributed by atoms with Crippen LogP contribution >= 0.6 is 11.6 Å². The van der Waals surface area contributed by atoms with Crippen LogP contribution in [0.1, 0.15) is 10.4 Å².